The van der Waals surface area contributed by atoms with Gasteiger partial charge in [0.2, 0.25) is 0 Å². The van der Waals surface area contributed by atoms with Crippen LogP contribution < -0.4 is 10.2 Å². The number of rotatable bonds is 4. The molecule has 6 nitrogen and oxygen atoms in total. The fraction of sp³-hybridized carbons (Fsp3) is 0.118. The molecule has 0 fully saturated rings. The fourth-order valence-corrected chi connectivity index (χ4v) is 2.27. The molecule has 3 aromatic rings. The zero-order valence-electron chi connectivity index (χ0n) is 13.3. The molecule has 0 spiro atoms. The van der Waals surface area contributed by atoms with Crippen LogP contribution in [0.5, 0.6) is 0 Å². The molecular formula is C17H16ClN5O. The first-order valence-electron chi connectivity index (χ1n) is 7.28. The molecule has 3 rings (SSSR count). The highest BCUT2D eigenvalue weighted by atomic mass is 35.5. The van der Waals surface area contributed by atoms with Crippen LogP contribution in [-0.2, 0) is 0 Å². The van der Waals surface area contributed by atoms with E-state index >= 15 is 0 Å². The molecule has 122 valence electrons. The van der Waals surface area contributed by atoms with E-state index in [1.165, 1.54) is 6.20 Å². The molecule has 7 heteroatoms. The monoisotopic (exact) mass is 341 g/mol. The van der Waals surface area contributed by atoms with Crippen molar-refractivity contribution in [2.45, 2.75) is 0 Å². The maximum atomic E-state index is 12.3. The minimum absolute atomic E-state index is 0.183. The largest absolute Gasteiger partial charge is 0.378 e. The number of anilines is 2. The van der Waals surface area contributed by atoms with E-state index in [1.54, 1.807) is 41.3 Å². The van der Waals surface area contributed by atoms with E-state index in [9.17, 15) is 4.79 Å². The second-order valence-electron chi connectivity index (χ2n) is 5.40. The lowest BCUT2D eigenvalue weighted by atomic mass is 10.2. The Balaban J connectivity index is 1.70. The Hall–Kier alpha value is -2.86. The number of aromatic nitrogens is 3. The Morgan fingerprint density at radius 1 is 1.12 bits per heavy atom. The van der Waals surface area contributed by atoms with Crippen LogP contribution in [0.15, 0.2) is 55.0 Å². The Morgan fingerprint density at radius 2 is 1.88 bits per heavy atom. The van der Waals surface area contributed by atoms with Crippen molar-refractivity contribution in [2.75, 3.05) is 24.3 Å². The summed E-state index contributed by atoms with van der Waals surface area (Å²) < 4.78 is 1.56. The minimum atomic E-state index is -0.183. The van der Waals surface area contributed by atoms with Gasteiger partial charge in [0.15, 0.2) is 5.82 Å². The van der Waals surface area contributed by atoms with Crippen LogP contribution in [0.4, 0.5) is 11.4 Å². The van der Waals surface area contributed by atoms with Crippen LogP contribution in [0.2, 0.25) is 5.02 Å². The van der Waals surface area contributed by atoms with Gasteiger partial charge in [0.25, 0.3) is 5.91 Å². The van der Waals surface area contributed by atoms with Gasteiger partial charge < -0.3 is 10.2 Å². The number of pyridine rings is 1. The first-order chi connectivity index (χ1) is 11.5. The number of carbonyl (C=O) groups is 1. The maximum absolute atomic E-state index is 12.3. The van der Waals surface area contributed by atoms with E-state index in [-0.39, 0.29) is 5.91 Å². The van der Waals surface area contributed by atoms with Gasteiger partial charge in [0, 0.05) is 25.3 Å². The maximum Gasteiger partial charge on any atom is 0.255 e. The number of amides is 1. The van der Waals surface area contributed by atoms with Crippen LogP contribution in [0.25, 0.3) is 5.82 Å². The highest BCUT2D eigenvalue weighted by Crippen LogP contribution is 2.15. The Labute approximate surface area is 144 Å². The van der Waals surface area contributed by atoms with Crippen LogP contribution in [0.3, 0.4) is 0 Å². The molecule has 1 aromatic carbocycles. The lowest BCUT2D eigenvalue weighted by Gasteiger charge is -2.12. The van der Waals surface area contributed by atoms with Crippen LogP contribution >= 0.6 is 11.6 Å². The summed E-state index contributed by atoms with van der Waals surface area (Å²) in [4.78, 5) is 18.5. The van der Waals surface area contributed by atoms with Crippen molar-refractivity contribution in [1.29, 1.82) is 0 Å². The number of nitrogens with one attached hydrogen (secondary N) is 1. The highest BCUT2D eigenvalue weighted by Gasteiger charge is 2.07. The molecule has 0 saturated carbocycles. The predicted octanol–water partition coefficient (Wildman–Crippen LogP) is 3.24. The third-order valence-corrected chi connectivity index (χ3v) is 3.63. The smallest absolute Gasteiger partial charge is 0.255 e. The molecule has 1 amide bonds. The molecule has 2 heterocycles. The van der Waals surface area contributed by atoms with Crippen molar-refractivity contribution < 1.29 is 4.79 Å². The lowest BCUT2D eigenvalue weighted by molar-refractivity contribution is 0.102. The molecule has 0 saturated heterocycles. The summed E-state index contributed by atoms with van der Waals surface area (Å²) >= 11 is 5.84. The van der Waals surface area contributed by atoms with E-state index in [0.29, 0.717) is 22.1 Å². The number of halogens is 1. The average Bonchev–Trinajstić information content (AvgIpc) is 3.02. The second-order valence-corrected chi connectivity index (χ2v) is 5.84. The lowest BCUT2D eigenvalue weighted by Crippen LogP contribution is -2.13. The van der Waals surface area contributed by atoms with Gasteiger partial charge in [0.1, 0.15) is 0 Å². The topological polar surface area (TPSA) is 63.1 Å². The quantitative estimate of drug-likeness (QED) is 0.791. The van der Waals surface area contributed by atoms with Crippen LogP contribution in [-0.4, -0.2) is 34.8 Å². The molecule has 0 aliphatic carbocycles. The van der Waals surface area contributed by atoms with Gasteiger partial charge in [0.05, 0.1) is 29.3 Å². The Kier molecular flexibility index (Phi) is 4.48. The number of nitrogens with zero attached hydrogens (tertiary/aromatic N) is 4. The van der Waals surface area contributed by atoms with Crippen molar-refractivity contribution in [3.8, 4) is 5.82 Å². The van der Waals surface area contributed by atoms with E-state index in [2.05, 4.69) is 15.4 Å². The van der Waals surface area contributed by atoms with Gasteiger partial charge >= 0.3 is 0 Å². The molecule has 1 N–H and O–H groups in total. The Morgan fingerprint density at radius 3 is 2.42 bits per heavy atom. The molecule has 0 bridgehead atoms. The van der Waals surface area contributed by atoms with Crippen LogP contribution in [0.1, 0.15) is 10.4 Å². The minimum Gasteiger partial charge on any atom is -0.378 e. The first-order valence-corrected chi connectivity index (χ1v) is 7.66. The average molecular weight is 342 g/mol. The summed E-state index contributed by atoms with van der Waals surface area (Å²) in [6.45, 7) is 0. The summed E-state index contributed by atoms with van der Waals surface area (Å²) in [6, 6.07) is 10.9. The van der Waals surface area contributed by atoms with Gasteiger partial charge in [-0.2, -0.15) is 5.10 Å². The third-order valence-electron chi connectivity index (χ3n) is 3.44. The molecular weight excluding hydrogens is 326 g/mol. The molecule has 0 aliphatic rings. The summed E-state index contributed by atoms with van der Waals surface area (Å²) in [5.74, 6) is 0.437. The predicted molar refractivity (Wildman–Crippen MR) is 95.1 cm³/mol. The third kappa shape index (κ3) is 3.55. The summed E-state index contributed by atoms with van der Waals surface area (Å²) in [5.41, 5.74) is 2.23. The van der Waals surface area contributed by atoms with Gasteiger partial charge in [-0.1, -0.05) is 11.6 Å². The zero-order chi connectivity index (χ0) is 17.1. The number of benzene rings is 1. The normalized spacial score (nSPS) is 10.5. The van der Waals surface area contributed by atoms with Crippen molar-refractivity contribution in [3.63, 3.8) is 0 Å². The first kappa shape index (κ1) is 16.0. The standard InChI is InChI=1S/C17H16ClN5O/c1-22(2)15-6-3-12(4-7-15)17(24)21-14-5-8-16(19-10-14)23-11-13(18)9-20-23/h3-11H,1-2H3,(H,21,24). The van der Waals surface area contributed by atoms with E-state index in [4.69, 9.17) is 11.6 Å². The van der Waals surface area contributed by atoms with E-state index < -0.39 is 0 Å². The second kappa shape index (κ2) is 6.72. The van der Waals surface area contributed by atoms with E-state index in [0.717, 1.165) is 5.69 Å². The molecule has 0 radical (unpaired) electrons. The van der Waals surface area contributed by atoms with Gasteiger partial charge in [-0.15, -0.1) is 0 Å². The van der Waals surface area contributed by atoms with E-state index in [1.807, 2.05) is 31.1 Å². The molecule has 0 unspecified atom stereocenters. The van der Waals surface area contributed by atoms with Crippen LogP contribution in [0, 0.1) is 0 Å². The molecule has 2 aromatic heterocycles. The highest BCUT2D eigenvalue weighted by molar-refractivity contribution is 6.30. The van der Waals surface area contributed by atoms with Gasteiger partial charge in [-0.05, 0) is 36.4 Å². The fourth-order valence-electron chi connectivity index (χ4n) is 2.14. The van der Waals surface area contributed by atoms with Crippen molar-refractivity contribution in [2.24, 2.45) is 0 Å². The zero-order valence-corrected chi connectivity index (χ0v) is 14.0. The van der Waals surface area contributed by atoms with Crippen molar-refractivity contribution in [1.82, 2.24) is 14.8 Å². The molecule has 0 atom stereocenters. The SMILES string of the molecule is CN(C)c1ccc(C(=O)Nc2ccc(-n3cc(Cl)cn3)nc2)cc1. The van der Waals surface area contributed by atoms with Gasteiger partial charge in [-0.25, -0.2) is 9.67 Å². The Bertz CT molecular complexity index is 840. The number of hydrogen-bond donors (Lipinski definition) is 1. The number of carbonyl (C=O) groups excluding carboxylic acids is 1. The van der Waals surface area contributed by atoms with Gasteiger partial charge in [-0.3, -0.25) is 4.79 Å². The van der Waals surface area contributed by atoms with Crippen molar-refractivity contribution in [3.05, 3.63) is 65.6 Å². The summed E-state index contributed by atoms with van der Waals surface area (Å²) in [6.07, 6.45) is 4.78. The van der Waals surface area contributed by atoms with Crippen molar-refractivity contribution >= 4 is 28.9 Å². The molecule has 0 aliphatic heterocycles. The number of hydrogen-bond acceptors (Lipinski definition) is 4. The summed E-state index contributed by atoms with van der Waals surface area (Å²) in [5, 5.41) is 7.43. The molecule has 24 heavy (non-hydrogen) atoms. The summed E-state index contributed by atoms with van der Waals surface area (Å²) in [7, 11) is 3.91.